The van der Waals surface area contributed by atoms with Crippen molar-refractivity contribution in [3.63, 3.8) is 0 Å². The molecule has 148 valence electrons. The Morgan fingerprint density at radius 3 is 2.74 bits per heavy atom. The van der Waals surface area contributed by atoms with Crippen molar-refractivity contribution in [3.05, 3.63) is 47.3 Å². The van der Waals surface area contributed by atoms with Crippen molar-refractivity contribution in [3.8, 4) is 0 Å². The van der Waals surface area contributed by atoms with E-state index in [-0.39, 0.29) is 24.4 Å². The van der Waals surface area contributed by atoms with E-state index in [9.17, 15) is 4.79 Å². The molecule has 7 nitrogen and oxygen atoms in total. The first-order chi connectivity index (χ1) is 12.6. The number of carbonyl (C=O) groups is 1. The lowest BCUT2D eigenvalue weighted by atomic mass is 10.1. The Morgan fingerprint density at radius 2 is 2.04 bits per heavy atom. The molecule has 0 aliphatic carbocycles. The van der Waals surface area contributed by atoms with Gasteiger partial charge in [-0.15, -0.1) is 17.5 Å². The molecule has 1 aromatic carbocycles. The van der Waals surface area contributed by atoms with E-state index in [2.05, 4.69) is 20.9 Å². The molecule has 2 heterocycles. The molecule has 0 saturated carbocycles. The molecule has 1 atom stereocenters. The Hall–Kier alpha value is -1.96. The van der Waals surface area contributed by atoms with Gasteiger partial charge >= 0.3 is 0 Å². The molecule has 1 amide bonds. The number of rotatable bonds is 7. The maximum atomic E-state index is 12.5. The minimum atomic E-state index is -0.196. The number of amides is 1. The predicted octanol–water partition coefficient (Wildman–Crippen LogP) is 2.27. The van der Waals surface area contributed by atoms with Gasteiger partial charge in [-0.2, -0.15) is 0 Å². The molecular formula is C19H28ClN5O2. The maximum Gasteiger partial charge on any atom is 0.274 e. The van der Waals surface area contributed by atoms with Crippen molar-refractivity contribution < 1.29 is 9.53 Å². The first kappa shape index (κ1) is 21.3. The summed E-state index contributed by atoms with van der Waals surface area (Å²) in [6, 6.07) is 10.2. The zero-order chi connectivity index (χ0) is 18.4. The van der Waals surface area contributed by atoms with E-state index in [4.69, 9.17) is 4.74 Å². The van der Waals surface area contributed by atoms with Crippen LogP contribution in [0.3, 0.4) is 0 Å². The van der Waals surface area contributed by atoms with Gasteiger partial charge < -0.3 is 15.4 Å². The van der Waals surface area contributed by atoms with Crippen LogP contribution in [0, 0.1) is 6.92 Å². The van der Waals surface area contributed by atoms with Gasteiger partial charge in [0.15, 0.2) is 5.69 Å². The lowest BCUT2D eigenvalue weighted by Gasteiger charge is -2.23. The third-order valence-electron chi connectivity index (χ3n) is 4.65. The Balaban J connectivity index is 0.00000261. The molecule has 27 heavy (non-hydrogen) atoms. The van der Waals surface area contributed by atoms with E-state index >= 15 is 0 Å². The summed E-state index contributed by atoms with van der Waals surface area (Å²) in [5.41, 5.74) is 2.34. The third kappa shape index (κ3) is 5.76. The van der Waals surface area contributed by atoms with Crippen molar-refractivity contribution in [2.24, 2.45) is 0 Å². The smallest absolute Gasteiger partial charge is 0.274 e. The lowest BCUT2D eigenvalue weighted by molar-refractivity contribution is 0.0816. The van der Waals surface area contributed by atoms with Gasteiger partial charge in [0, 0.05) is 6.04 Å². The molecule has 1 unspecified atom stereocenters. The van der Waals surface area contributed by atoms with Crippen LogP contribution in [0.5, 0.6) is 0 Å². The van der Waals surface area contributed by atoms with Crippen molar-refractivity contribution in [2.45, 2.75) is 45.4 Å². The van der Waals surface area contributed by atoms with E-state index in [0.29, 0.717) is 24.9 Å². The van der Waals surface area contributed by atoms with Gasteiger partial charge in [-0.1, -0.05) is 35.5 Å². The maximum absolute atomic E-state index is 12.5. The summed E-state index contributed by atoms with van der Waals surface area (Å²) in [4.78, 5) is 12.5. The Bertz CT molecular complexity index is 716. The van der Waals surface area contributed by atoms with Gasteiger partial charge in [-0.25, -0.2) is 4.68 Å². The van der Waals surface area contributed by atoms with Crippen LogP contribution in [-0.4, -0.2) is 46.6 Å². The van der Waals surface area contributed by atoms with Crippen molar-refractivity contribution in [1.29, 1.82) is 0 Å². The zero-order valence-electron chi connectivity index (χ0n) is 15.9. The van der Waals surface area contributed by atoms with Crippen LogP contribution in [0.25, 0.3) is 0 Å². The Labute approximate surface area is 166 Å². The molecule has 2 aromatic rings. The number of hydrogen-bond donors (Lipinski definition) is 2. The number of piperidine rings is 1. The zero-order valence-corrected chi connectivity index (χ0v) is 16.7. The molecule has 0 radical (unpaired) electrons. The van der Waals surface area contributed by atoms with Crippen LogP contribution in [0.2, 0.25) is 0 Å². The molecule has 0 bridgehead atoms. The van der Waals surface area contributed by atoms with Crippen LogP contribution in [-0.2, 0) is 11.3 Å². The van der Waals surface area contributed by atoms with Gasteiger partial charge in [0.1, 0.15) is 0 Å². The number of nitrogens with zero attached hydrogens (tertiary/aromatic N) is 3. The van der Waals surface area contributed by atoms with Crippen LogP contribution in [0.15, 0.2) is 30.3 Å². The molecule has 1 fully saturated rings. The summed E-state index contributed by atoms with van der Waals surface area (Å²) in [5.74, 6) is -0.196. The largest absolute Gasteiger partial charge is 0.375 e. The summed E-state index contributed by atoms with van der Waals surface area (Å²) in [6.07, 6.45) is 2.02. The fourth-order valence-corrected chi connectivity index (χ4v) is 3.21. The molecule has 2 N–H and O–H groups in total. The number of ether oxygens (including phenoxy) is 1. The van der Waals surface area contributed by atoms with E-state index in [1.54, 1.807) is 0 Å². The van der Waals surface area contributed by atoms with E-state index in [1.165, 1.54) is 0 Å². The first-order valence-electron chi connectivity index (χ1n) is 9.20. The van der Waals surface area contributed by atoms with Gasteiger partial charge in [0.25, 0.3) is 5.91 Å². The molecule has 1 aliphatic rings. The van der Waals surface area contributed by atoms with Crippen LogP contribution >= 0.6 is 12.4 Å². The van der Waals surface area contributed by atoms with Gasteiger partial charge in [-0.05, 0) is 45.3 Å². The van der Waals surface area contributed by atoms with Crippen LogP contribution in [0.4, 0.5) is 0 Å². The standard InChI is InChI=1S/C19H27N5O2.ClH/c1-14(12-26-13-16-6-4-3-5-7-16)21-19(25)18-15(2)24(23-22-18)17-8-10-20-11-9-17;/h3-7,14,17,20H,8-13H2,1-2H3,(H,21,25);1H. The summed E-state index contributed by atoms with van der Waals surface area (Å²) in [5, 5.41) is 14.6. The highest BCUT2D eigenvalue weighted by Gasteiger charge is 2.23. The topological polar surface area (TPSA) is 81.1 Å². The highest BCUT2D eigenvalue weighted by atomic mass is 35.5. The average molecular weight is 394 g/mol. The lowest BCUT2D eigenvalue weighted by Crippen LogP contribution is -2.36. The summed E-state index contributed by atoms with van der Waals surface area (Å²) < 4.78 is 7.58. The molecule has 3 rings (SSSR count). The number of halogens is 1. The van der Waals surface area contributed by atoms with Crippen LogP contribution < -0.4 is 10.6 Å². The van der Waals surface area contributed by atoms with Crippen LogP contribution in [0.1, 0.15) is 47.6 Å². The fourth-order valence-electron chi connectivity index (χ4n) is 3.21. The molecule has 8 heteroatoms. The van der Waals surface area contributed by atoms with Crippen molar-refractivity contribution in [2.75, 3.05) is 19.7 Å². The van der Waals surface area contributed by atoms with Crippen molar-refractivity contribution >= 4 is 18.3 Å². The highest BCUT2D eigenvalue weighted by molar-refractivity contribution is 5.93. The van der Waals surface area contributed by atoms with Gasteiger partial charge in [0.05, 0.1) is 24.9 Å². The number of carbonyl (C=O) groups excluding carboxylic acids is 1. The summed E-state index contributed by atoms with van der Waals surface area (Å²) in [7, 11) is 0. The number of hydrogen-bond acceptors (Lipinski definition) is 5. The second kappa shape index (κ2) is 10.4. The fraction of sp³-hybridized carbons (Fsp3) is 0.526. The third-order valence-corrected chi connectivity index (χ3v) is 4.65. The van der Waals surface area contributed by atoms with Gasteiger partial charge in [-0.3, -0.25) is 4.79 Å². The normalized spacial score (nSPS) is 15.8. The molecule has 1 saturated heterocycles. The number of aromatic nitrogens is 3. The minimum Gasteiger partial charge on any atom is -0.375 e. The van der Waals surface area contributed by atoms with E-state index < -0.39 is 0 Å². The second-order valence-corrected chi connectivity index (χ2v) is 6.82. The molecule has 1 aliphatic heterocycles. The van der Waals surface area contributed by atoms with Gasteiger partial charge in [0.2, 0.25) is 0 Å². The SMILES string of the molecule is Cc1c(C(=O)NC(C)COCc2ccccc2)nnn1C1CCNCC1.Cl. The quantitative estimate of drug-likeness (QED) is 0.754. The molecule has 0 spiro atoms. The molecular weight excluding hydrogens is 366 g/mol. The summed E-state index contributed by atoms with van der Waals surface area (Å²) in [6.45, 7) is 6.76. The van der Waals surface area contributed by atoms with Crippen molar-refractivity contribution in [1.82, 2.24) is 25.6 Å². The first-order valence-corrected chi connectivity index (χ1v) is 9.20. The minimum absolute atomic E-state index is 0. The monoisotopic (exact) mass is 393 g/mol. The summed E-state index contributed by atoms with van der Waals surface area (Å²) >= 11 is 0. The average Bonchev–Trinajstić information content (AvgIpc) is 3.05. The van der Waals surface area contributed by atoms with E-state index in [0.717, 1.165) is 37.2 Å². The van der Waals surface area contributed by atoms with E-state index in [1.807, 2.05) is 48.9 Å². The number of benzene rings is 1. The Kier molecular flexibility index (Phi) is 8.22. The predicted molar refractivity (Wildman–Crippen MR) is 106 cm³/mol. The Morgan fingerprint density at radius 1 is 1.33 bits per heavy atom. The second-order valence-electron chi connectivity index (χ2n) is 6.82. The highest BCUT2D eigenvalue weighted by Crippen LogP contribution is 2.20. The molecule has 1 aromatic heterocycles. The number of nitrogens with one attached hydrogen (secondary N) is 2.